The SMILES string of the molecule is COC1(C(O)c2c(F)cccc2F)CCOCC1. The van der Waals surface area contributed by atoms with Crippen molar-refractivity contribution < 1.29 is 23.4 Å². The molecule has 5 heteroatoms. The molecule has 1 aromatic carbocycles. The van der Waals surface area contributed by atoms with Crippen LogP contribution in [-0.4, -0.2) is 31.0 Å². The van der Waals surface area contributed by atoms with Crippen LogP contribution in [0.1, 0.15) is 24.5 Å². The van der Waals surface area contributed by atoms with Crippen molar-refractivity contribution >= 4 is 0 Å². The molecule has 2 rings (SSSR count). The number of ether oxygens (including phenoxy) is 2. The maximum Gasteiger partial charge on any atom is 0.132 e. The predicted octanol–water partition coefficient (Wildman–Crippen LogP) is 2.19. The molecule has 18 heavy (non-hydrogen) atoms. The Morgan fingerprint density at radius 2 is 1.83 bits per heavy atom. The first-order valence-corrected chi connectivity index (χ1v) is 5.85. The van der Waals surface area contributed by atoms with Gasteiger partial charge in [0.25, 0.3) is 0 Å². The van der Waals surface area contributed by atoms with Crippen LogP contribution in [0.15, 0.2) is 18.2 Å². The van der Waals surface area contributed by atoms with Crippen LogP contribution in [0, 0.1) is 11.6 Å². The van der Waals surface area contributed by atoms with E-state index in [4.69, 9.17) is 9.47 Å². The molecule has 3 nitrogen and oxygen atoms in total. The topological polar surface area (TPSA) is 38.7 Å². The number of halogens is 2. The van der Waals surface area contributed by atoms with Crippen LogP contribution >= 0.6 is 0 Å². The monoisotopic (exact) mass is 258 g/mol. The lowest BCUT2D eigenvalue weighted by atomic mass is 9.84. The van der Waals surface area contributed by atoms with E-state index in [2.05, 4.69) is 0 Å². The van der Waals surface area contributed by atoms with Gasteiger partial charge in [0.15, 0.2) is 0 Å². The molecule has 0 aliphatic carbocycles. The fraction of sp³-hybridized carbons (Fsp3) is 0.538. The molecule has 1 aliphatic heterocycles. The molecule has 1 saturated heterocycles. The number of aliphatic hydroxyl groups is 1. The zero-order valence-electron chi connectivity index (χ0n) is 10.2. The molecule has 1 fully saturated rings. The molecule has 0 spiro atoms. The summed E-state index contributed by atoms with van der Waals surface area (Å²) in [5, 5.41) is 10.3. The van der Waals surface area contributed by atoms with Crippen molar-refractivity contribution in [3.63, 3.8) is 0 Å². The van der Waals surface area contributed by atoms with Gasteiger partial charge in [-0.15, -0.1) is 0 Å². The smallest absolute Gasteiger partial charge is 0.132 e. The Bertz CT molecular complexity index is 396. The van der Waals surface area contributed by atoms with Crippen molar-refractivity contribution in [3.05, 3.63) is 35.4 Å². The maximum atomic E-state index is 13.7. The second kappa shape index (κ2) is 5.30. The molecule has 1 aromatic rings. The van der Waals surface area contributed by atoms with Crippen LogP contribution in [0.2, 0.25) is 0 Å². The molecule has 1 N–H and O–H groups in total. The minimum atomic E-state index is -1.34. The molecule has 0 saturated carbocycles. The van der Waals surface area contributed by atoms with Crippen molar-refractivity contribution in [2.75, 3.05) is 20.3 Å². The van der Waals surface area contributed by atoms with E-state index in [0.717, 1.165) is 12.1 Å². The lowest BCUT2D eigenvalue weighted by Gasteiger charge is -2.39. The summed E-state index contributed by atoms with van der Waals surface area (Å²) >= 11 is 0. The van der Waals surface area contributed by atoms with E-state index >= 15 is 0 Å². The third-order valence-electron chi connectivity index (χ3n) is 3.52. The predicted molar refractivity (Wildman–Crippen MR) is 61.1 cm³/mol. The number of benzene rings is 1. The Kier molecular flexibility index (Phi) is 3.94. The maximum absolute atomic E-state index is 13.7. The lowest BCUT2D eigenvalue weighted by molar-refractivity contribution is -0.156. The first-order valence-electron chi connectivity index (χ1n) is 5.85. The summed E-state index contributed by atoms with van der Waals surface area (Å²) in [4.78, 5) is 0. The van der Waals surface area contributed by atoms with Crippen LogP contribution in [0.4, 0.5) is 8.78 Å². The Morgan fingerprint density at radius 1 is 1.28 bits per heavy atom. The third kappa shape index (κ3) is 2.25. The van der Waals surface area contributed by atoms with Gasteiger partial charge >= 0.3 is 0 Å². The molecule has 0 aromatic heterocycles. The van der Waals surface area contributed by atoms with Crippen LogP contribution in [0.25, 0.3) is 0 Å². The van der Waals surface area contributed by atoms with E-state index in [-0.39, 0.29) is 5.56 Å². The average molecular weight is 258 g/mol. The van der Waals surface area contributed by atoms with Gasteiger partial charge in [-0.1, -0.05) is 6.07 Å². The lowest BCUT2D eigenvalue weighted by Crippen LogP contribution is -2.44. The first kappa shape index (κ1) is 13.4. The zero-order chi connectivity index (χ0) is 13.2. The molecule has 1 atom stereocenters. The van der Waals surface area contributed by atoms with Gasteiger partial charge in [-0.25, -0.2) is 8.78 Å². The summed E-state index contributed by atoms with van der Waals surface area (Å²) in [6.07, 6.45) is -0.538. The van der Waals surface area contributed by atoms with E-state index in [1.807, 2.05) is 0 Å². The van der Waals surface area contributed by atoms with E-state index in [1.165, 1.54) is 13.2 Å². The van der Waals surface area contributed by atoms with Crippen LogP contribution < -0.4 is 0 Å². The summed E-state index contributed by atoms with van der Waals surface area (Å²) in [6.45, 7) is 0.807. The van der Waals surface area contributed by atoms with Crippen molar-refractivity contribution in [1.29, 1.82) is 0 Å². The number of rotatable bonds is 3. The Hall–Kier alpha value is -1.04. The average Bonchev–Trinajstić information content (AvgIpc) is 2.39. The molecule has 1 aliphatic rings. The van der Waals surface area contributed by atoms with Crippen molar-refractivity contribution in [2.45, 2.75) is 24.5 Å². The Morgan fingerprint density at radius 3 is 2.33 bits per heavy atom. The van der Waals surface area contributed by atoms with Gasteiger partial charge in [-0.05, 0) is 12.1 Å². The van der Waals surface area contributed by atoms with Crippen molar-refractivity contribution in [3.8, 4) is 0 Å². The quantitative estimate of drug-likeness (QED) is 0.903. The van der Waals surface area contributed by atoms with Gasteiger partial charge in [0.2, 0.25) is 0 Å². The standard InChI is InChI=1S/C13H16F2O3/c1-17-13(5-7-18-8-6-13)12(16)11-9(14)3-2-4-10(11)15/h2-4,12,16H,5-8H2,1H3. The highest BCUT2D eigenvalue weighted by Gasteiger charge is 2.42. The van der Waals surface area contributed by atoms with Crippen molar-refractivity contribution in [2.24, 2.45) is 0 Å². The zero-order valence-corrected chi connectivity index (χ0v) is 10.2. The van der Waals surface area contributed by atoms with Crippen LogP contribution in [0.5, 0.6) is 0 Å². The van der Waals surface area contributed by atoms with Gasteiger partial charge < -0.3 is 14.6 Å². The Balaban J connectivity index is 2.36. The molecule has 100 valence electrons. The summed E-state index contributed by atoms with van der Waals surface area (Å²) in [6, 6.07) is 3.53. The van der Waals surface area contributed by atoms with Crippen molar-refractivity contribution in [1.82, 2.24) is 0 Å². The fourth-order valence-corrected chi connectivity index (χ4v) is 2.34. The highest BCUT2D eigenvalue weighted by molar-refractivity contribution is 5.25. The fourth-order valence-electron chi connectivity index (χ4n) is 2.34. The number of methoxy groups -OCH3 is 1. The summed E-state index contributed by atoms with van der Waals surface area (Å²) in [7, 11) is 1.44. The van der Waals surface area contributed by atoms with Gasteiger partial charge in [-0.2, -0.15) is 0 Å². The van der Waals surface area contributed by atoms with Gasteiger partial charge in [-0.3, -0.25) is 0 Å². The molecule has 0 amide bonds. The number of hydrogen-bond donors (Lipinski definition) is 1. The summed E-state index contributed by atoms with van der Waals surface area (Å²) < 4.78 is 37.9. The molecular weight excluding hydrogens is 242 g/mol. The van der Waals surface area contributed by atoms with Gasteiger partial charge in [0.1, 0.15) is 23.3 Å². The number of aliphatic hydroxyl groups excluding tert-OH is 1. The molecule has 1 unspecified atom stereocenters. The number of hydrogen-bond acceptors (Lipinski definition) is 3. The van der Waals surface area contributed by atoms with E-state index in [0.29, 0.717) is 26.1 Å². The molecule has 0 radical (unpaired) electrons. The third-order valence-corrected chi connectivity index (χ3v) is 3.52. The Labute approximate surface area is 104 Å². The highest BCUT2D eigenvalue weighted by atomic mass is 19.1. The normalized spacial score (nSPS) is 20.7. The van der Waals surface area contributed by atoms with E-state index < -0.39 is 23.3 Å². The molecule has 1 heterocycles. The molecular formula is C13H16F2O3. The van der Waals surface area contributed by atoms with Crippen LogP contribution in [-0.2, 0) is 9.47 Å². The minimum Gasteiger partial charge on any atom is -0.385 e. The second-order valence-corrected chi connectivity index (χ2v) is 4.42. The first-order chi connectivity index (χ1) is 8.60. The van der Waals surface area contributed by atoms with Gasteiger partial charge in [0, 0.05) is 33.2 Å². The largest absolute Gasteiger partial charge is 0.385 e. The second-order valence-electron chi connectivity index (χ2n) is 4.42. The minimum absolute atomic E-state index is 0.332. The van der Waals surface area contributed by atoms with E-state index in [9.17, 15) is 13.9 Å². The summed E-state index contributed by atoms with van der Waals surface area (Å²) in [5.41, 5.74) is -1.32. The summed E-state index contributed by atoms with van der Waals surface area (Å²) in [5.74, 6) is -1.52. The van der Waals surface area contributed by atoms with Gasteiger partial charge in [0.05, 0.1) is 5.56 Å². The van der Waals surface area contributed by atoms with E-state index in [1.54, 1.807) is 0 Å². The highest BCUT2D eigenvalue weighted by Crippen LogP contribution is 2.38. The van der Waals surface area contributed by atoms with Crippen LogP contribution in [0.3, 0.4) is 0 Å². The molecule has 0 bridgehead atoms.